The molecule has 1 saturated heterocycles. The summed E-state index contributed by atoms with van der Waals surface area (Å²) in [6.07, 6.45) is 2.40. The van der Waals surface area contributed by atoms with Gasteiger partial charge >= 0.3 is 0 Å². The number of ether oxygens (including phenoxy) is 1. The molecule has 1 N–H and O–H groups in total. The summed E-state index contributed by atoms with van der Waals surface area (Å²) in [7, 11) is 3.58. The van der Waals surface area contributed by atoms with E-state index in [1.807, 2.05) is 24.3 Å². The third-order valence-corrected chi connectivity index (χ3v) is 4.37. The van der Waals surface area contributed by atoms with E-state index in [0.717, 1.165) is 30.5 Å². The number of benzene rings is 1. The van der Waals surface area contributed by atoms with Gasteiger partial charge in [0.15, 0.2) is 5.82 Å². The topological polar surface area (TPSA) is 76.5 Å². The van der Waals surface area contributed by atoms with Gasteiger partial charge in [-0.05, 0) is 25.0 Å². The molecule has 1 aliphatic heterocycles. The highest BCUT2D eigenvalue weighted by Crippen LogP contribution is 2.14. The number of carbonyl (C=O) groups excluding carboxylic acids is 1. The molecule has 1 aliphatic rings. The lowest BCUT2D eigenvalue weighted by molar-refractivity contribution is -0.121. The van der Waals surface area contributed by atoms with Crippen molar-refractivity contribution in [3.05, 3.63) is 34.6 Å². The number of fused-ring (bicyclic) bond motifs is 1. The molecule has 2 aromatic rings. The van der Waals surface area contributed by atoms with Crippen LogP contribution in [0.3, 0.4) is 0 Å². The van der Waals surface area contributed by atoms with Gasteiger partial charge in [-0.2, -0.15) is 0 Å². The van der Waals surface area contributed by atoms with Gasteiger partial charge in [0.05, 0.1) is 17.1 Å². The molecule has 1 aromatic carbocycles. The molecular formula is C18H24N4O3. The molecule has 1 unspecified atom stereocenters. The maximum atomic E-state index is 12.7. The molecule has 1 aromatic heterocycles. The summed E-state index contributed by atoms with van der Waals surface area (Å²) in [5, 5.41) is 2.89. The Labute approximate surface area is 146 Å². The Bertz CT molecular complexity index is 810. The van der Waals surface area contributed by atoms with Gasteiger partial charge in [-0.25, -0.2) is 4.98 Å². The molecule has 0 bridgehead atoms. The summed E-state index contributed by atoms with van der Waals surface area (Å²) in [6, 6.07) is 7.48. The molecule has 134 valence electrons. The zero-order valence-electron chi connectivity index (χ0n) is 14.7. The van der Waals surface area contributed by atoms with E-state index >= 15 is 0 Å². The first-order chi connectivity index (χ1) is 12.1. The number of nitrogens with one attached hydrogen (secondary N) is 1. The van der Waals surface area contributed by atoms with Crippen LogP contribution in [0.4, 0.5) is 5.82 Å². The van der Waals surface area contributed by atoms with E-state index in [0.29, 0.717) is 18.9 Å². The number of nitrogens with zero attached hydrogens (tertiary/aromatic N) is 3. The predicted molar refractivity (Wildman–Crippen MR) is 96.9 cm³/mol. The average Bonchev–Trinajstić information content (AvgIpc) is 3.12. The number of aromatic nitrogens is 2. The maximum absolute atomic E-state index is 12.7. The lowest BCUT2D eigenvalue weighted by atomic mass is 10.2. The summed E-state index contributed by atoms with van der Waals surface area (Å²) >= 11 is 0. The van der Waals surface area contributed by atoms with E-state index in [1.54, 1.807) is 23.6 Å². The Morgan fingerprint density at radius 3 is 2.92 bits per heavy atom. The van der Waals surface area contributed by atoms with Crippen LogP contribution in [0.1, 0.15) is 19.3 Å². The van der Waals surface area contributed by atoms with Gasteiger partial charge in [-0.1, -0.05) is 12.1 Å². The molecule has 1 atom stereocenters. The maximum Gasteiger partial charge on any atom is 0.293 e. The molecule has 0 spiro atoms. The van der Waals surface area contributed by atoms with Crippen molar-refractivity contribution in [1.29, 1.82) is 0 Å². The van der Waals surface area contributed by atoms with Crippen molar-refractivity contribution in [2.75, 3.05) is 32.1 Å². The molecule has 2 heterocycles. The van der Waals surface area contributed by atoms with Gasteiger partial charge in [0.25, 0.3) is 5.56 Å². The highest BCUT2D eigenvalue weighted by Gasteiger charge is 2.17. The largest absolute Gasteiger partial charge is 0.376 e. The molecule has 0 saturated carbocycles. The first-order valence-corrected chi connectivity index (χ1v) is 8.61. The van der Waals surface area contributed by atoms with Gasteiger partial charge < -0.3 is 19.5 Å². The van der Waals surface area contributed by atoms with E-state index < -0.39 is 0 Å². The Morgan fingerprint density at radius 2 is 2.20 bits per heavy atom. The van der Waals surface area contributed by atoms with Crippen LogP contribution in [0.2, 0.25) is 0 Å². The monoisotopic (exact) mass is 344 g/mol. The fraction of sp³-hybridized carbons (Fsp3) is 0.500. The fourth-order valence-electron chi connectivity index (χ4n) is 3.03. The van der Waals surface area contributed by atoms with Crippen LogP contribution >= 0.6 is 0 Å². The smallest absolute Gasteiger partial charge is 0.293 e. The Kier molecular flexibility index (Phi) is 5.33. The molecule has 3 rings (SSSR count). The Balaban J connectivity index is 1.74. The summed E-state index contributed by atoms with van der Waals surface area (Å²) in [4.78, 5) is 31.0. The van der Waals surface area contributed by atoms with E-state index in [4.69, 9.17) is 4.74 Å². The summed E-state index contributed by atoms with van der Waals surface area (Å²) in [6.45, 7) is 1.63. The van der Waals surface area contributed by atoms with Crippen LogP contribution in [-0.4, -0.2) is 48.8 Å². The van der Waals surface area contributed by atoms with E-state index in [2.05, 4.69) is 10.3 Å². The van der Waals surface area contributed by atoms with Crippen molar-refractivity contribution in [3.8, 4) is 0 Å². The summed E-state index contributed by atoms with van der Waals surface area (Å²) in [5.74, 6) is 0.299. The van der Waals surface area contributed by atoms with Gasteiger partial charge in [0.1, 0.15) is 0 Å². The van der Waals surface area contributed by atoms with Crippen LogP contribution in [0.15, 0.2) is 29.1 Å². The Morgan fingerprint density at radius 1 is 1.40 bits per heavy atom. The van der Waals surface area contributed by atoms with Crippen molar-refractivity contribution in [2.45, 2.75) is 31.9 Å². The van der Waals surface area contributed by atoms with Gasteiger partial charge in [0, 0.05) is 40.2 Å². The van der Waals surface area contributed by atoms with E-state index in [-0.39, 0.29) is 24.0 Å². The molecule has 0 aliphatic carbocycles. The Hall–Kier alpha value is -2.41. The van der Waals surface area contributed by atoms with Crippen molar-refractivity contribution in [3.63, 3.8) is 0 Å². The van der Waals surface area contributed by atoms with Gasteiger partial charge in [0.2, 0.25) is 5.91 Å². The summed E-state index contributed by atoms with van der Waals surface area (Å²) in [5.41, 5.74) is 1.30. The second-order valence-electron chi connectivity index (χ2n) is 6.46. The number of anilines is 1. The third kappa shape index (κ3) is 3.99. The molecule has 7 heteroatoms. The number of amides is 1. The van der Waals surface area contributed by atoms with E-state index in [1.165, 1.54) is 0 Å². The zero-order valence-corrected chi connectivity index (χ0v) is 14.7. The molecule has 1 amide bonds. The number of carbonyl (C=O) groups is 1. The van der Waals surface area contributed by atoms with Crippen LogP contribution in [0.5, 0.6) is 0 Å². The number of hydrogen-bond donors (Lipinski definition) is 1. The average molecular weight is 344 g/mol. The second kappa shape index (κ2) is 7.65. The normalized spacial score (nSPS) is 17.0. The predicted octanol–water partition coefficient (Wildman–Crippen LogP) is 1.15. The quantitative estimate of drug-likeness (QED) is 0.851. The fourth-order valence-corrected chi connectivity index (χ4v) is 3.03. The van der Waals surface area contributed by atoms with Gasteiger partial charge in [-0.3, -0.25) is 9.59 Å². The van der Waals surface area contributed by atoms with Crippen molar-refractivity contribution in [2.24, 2.45) is 0 Å². The molecule has 25 heavy (non-hydrogen) atoms. The SMILES string of the molecule is CN(C)c1nc2ccccc2n(CCC(=O)NCC2CCCO2)c1=O. The lowest BCUT2D eigenvalue weighted by Crippen LogP contribution is -2.34. The van der Waals surface area contributed by atoms with Crippen LogP contribution < -0.4 is 15.8 Å². The lowest BCUT2D eigenvalue weighted by Gasteiger charge is -2.16. The molecule has 0 radical (unpaired) electrons. The minimum atomic E-state index is -0.185. The number of aryl methyl sites for hydroxylation is 1. The minimum absolute atomic E-state index is 0.0744. The first kappa shape index (κ1) is 17.4. The summed E-state index contributed by atoms with van der Waals surface area (Å²) < 4.78 is 7.13. The highest BCUT2D eigenvalue weighted by molar-refractivity contribution is 5.78. The van der Waals surface area contributed by atoms with Crippen molar-refractivity contribution in [1.82, 2.24) is 14.9 Å². The van der Waals surface area contributed by atoms with Crippen molar-refractivity contribution >= 4 is 22.8 Å². The standard InChI is InChI=1S/C18H24N4O3/c1-21(2)17-18(24)22(15-8-4-3-7-14(15)20-17)10-9-16(23)19-12-13-6-5-11-25-13/h3-4,7-8,13H,5-6,9-12H2,1-2H3,(H,19,23). The van der Waals surface area contributed by atoms with Gasteiger partial charge in [-0.15, -0.1) is 0 Å². The third-order valence-electron chi connectivity index (χ3n) is 4.37. The number of hydrogen-bond acceptors (Lipinski definition) is 5. The molecule has 1 fully saturated rings. The molecule has 7 nitrogen and oxygen atoms in total. The minimum Gasteiger partial charge on any atom is -0.376 e. The van der Waals surface area contributed by atoms with Crippen LogP contribution in [0.25, 0.3) is 11.0 Å². The van der Waals surface area contributed by atoms with E-state index in [9.17, 15) is 9.59 Å². The first-order valence-electron chi connectivity index (χ1n) is 8.61. The second-order valence-corrected chi connectivity index (χ2v) is 6.46. The molecular weight excluding hydrogens is 320 g/mol. The van der Waals surface area contributed by atoms with Crippen LogP contribution in [0, 0.1) is 0 Å². The highest BCUT2D eigenvalue weighted by atomic mass is 16.5. The van der Waals surface area contributed by atoms with Crippen molar-refractivity contribution < 1.29 is 9.53 Å². The zero-order chi connectivity index (χ0) is 17.8. The number of para-hydroxylation sites is 2. The number of rotatable bonds is 6. The van der Waals surface area contributed by atoms with Crippen LogP contribution in [-0.2, 0) is 16.1 Å².